The third kappa shape index (κ3) is 2.43. The maximum Gasteiger partial charge on any atom is 0.328 e. The molecule has 1 aromatic carbocycles. The van der Waals surface area contributed by atoms with Crippen molar-refractivity contribution in [2.75, 3.05) is 0 Å². The standard InChI is InChI=1S/C15H14N2O3S/c1-15(20,12-7-4-8-21-12)9-17-13(18)10-5-2-3-6-11(10)16-14(17)19/h2-8,20H,9H2,1H3,(H,16,19). The Morgan fingerprint density at radius 2 is 2.00 bits per heavy atom. The fourth-order valence-electron chi connectivity index (χ4n) is 2.31. The summed E-state index contributed by atoms with van der Waals surface area (Å²) in [5.41, 5.74) is -1.69. The Morgan fingerprint density at radius 1 is 1.24 bits per heavy atom. The van der Waals surface area contributed by atoms with Crippen LogP contribution in [-0.2, 0) is 12.1 Å². The van der Waals surface area contributed by atoms with Gasteiger partial charge in [-0.3, -0.25) is 9.36 Å². The van der Waals surface area contributed by atoms with E-state index in [0.29, 0.717) is 15.8 Å². The minimum atomic E-state index is -1.27. The zero-order chi connectivity index (χ0) is 15.0. The van der Waals surface area contributed by atoms with Crippen molar-refractivity contribution in [1.29, 1.82) is 0 Å². The molecule has 21 heavy (non-hydrogen) atoms. The van der Waals surface area contributed by atoms with Crippen LogP contribution in [0.5, 0.6) is 0 Å². The molecule has 0 bridgehead atoms. The van der Waals surface area contributed by atoms with Crippen LogP contribution in [0.1, 0.15) is 11.8 Å². The highest BCUT2D eigenvalue weighted by Crippen LogP contribution is 2.26. The van der Waals surface area contributed by atoms with Crippen LogP contribution in [0.2, 0.25) is 0 Å². The van der Waals surface area contributed by atoms with E-state index in [9.17, 15) is 14.7 Å². The molecule has 0 fully saturated rings. The lowest BCUT2D eigenvalue weighted by molar-refractivity contribution is 0.0398. The SMILES string of the molecule is CC(O)(Cn1c(=O)[nH]c2ccccc2c1=O)c1cccs1. The molecule has 5 nitrogen and oxygen atoms in total. The molecular weight excluding hydrogens is 288 g/mol. The second-order valence-electron chi connectivity index (χ2n) is 5.12. The first kappa shape index (κ1) is 13.8. The molecule has 108 valence electrons. The van der Waals surface area contributed by atoms with E-state index in [1.165, 1.54) is 11.3 Å². The van der Waals surface area contributed by atoms with Crippen LogP contribution in [0.4, 0.5) is 0 Å². The topological polar surface area (TPSA) is 75.1 Å². The maximum absolute atomic E-state index is 12.4. The van der Waals surface area contributed by atoms with E-state index in [1.54, 1.807) is 37.3 Å². The summed E-state index contributed by atoms with van der Waals surface area (Å²) < 4.78 is 1.04. The van der Waals surface area contributed by atoms with Crippen molar-refractivity contribution in [2.45, 2.75) is 19.1 Å². The highest BCUT2D eigenvalue weighted by atomic mass is 32.1. The monoisotopic (exact) mass is 302 g/mol. The number of rotatable bonds is 3. The van der Waals surface area contributed by atoms with Gasteiger partial charge in [0.2, 0.25) is 0 Å². The molecule has 2 heterocycles. The molecule has 0 radical (unpaired) electrons. The molecule has 0 aliphatic heterocycles. The number of nitrogens with one attached hydrogen (secondary N) is 1. The number of hydrogen-bond donors (Lipinski definition) is 2. The van der Waals surface area contributed by atoms with Gasteiger partial charge < -0.3 is 10.1 Å². The minimum absolute atomic E-state index is 0.0908. The third-order valence-corrected chi connectivity index (χ3v) is 4.53. The number of fused-ring (bicyclic) bond motifs is 1. The van der Waals surface area contributed by atoms with Crippen molar-refractivity contribution in [3.8, 4) is 0 Å². The van der Waals surface area contributed by atoms with Gasteiger partial charge in [0.25, 0.3) is 5.56 Å². The number of nitrogens with zero attached hydrogens (tertiary/aromatic N) is 1. The molecule has 0 amide bonds. The fourth-order valence-corrected chi connectivity index (χ4v) is 3.09. The Kier molecular flexibility index (Phi) is 3.27. The summed E-state index contributed by atoms with van der Waals surface area (Å²) in [5, 5.41) is 12.8. The minimum Gasteiger partial charge on any atom is -0.383 e. The number of aromatic nitrogens is 2. The van der Waals surface area contributed by atoms with Crippen LogP contribution >= 0.6 is 11.3 Å². The number of aliphatic hydroxyl groups is 1. The molecule has 3 aromatic rings. The molecule has 0 saturated heterocycles. The molecule has 0 aliphatic rings. The van der Waals surface area contributed by atoms with Crippen LogP contribution < -0.4 is 11.2 Å². The van der Waals surface area contributed by atoms with E-state index in [4.69, 9.17) is 0 Å². The molecule has 0 aliphatic carbocycles. The van der Waals surface area contributed by atoms with E-state index in [1.807, 2.05) is 11.4 Å². The summed E-state index contributed by atoms with van der Waals surface area (Å²) in [4.78, 5) is 27.9. The smallest absolute Gasteiger partial charge is 0.328 e. The maximum atomic E-state index is 12.4. The first-order valence-electron chi connectivity index (χ1n) is 6.47. The second-order valence-corrected chi connectivity index (χ2v) is 6.07. The highest BCUT2D eigenvalue weighted by Gasteiger charge is 2.26. The van der Waals surface area contributed by atoms with Crippen LogP contribution in [0.25, 0.3) is 10.9 Å². The van der Waals surface area contributed by atoms with Gasteiger partial charge in [-0.1, -0.05) is 18.2 Å². The summed E-state index contributed by atoms with van der Waals surface area (Å²) >= 11 is 1.39. The summed E-state index contributed by atoms with van der Waals surface area (Å²) in [5.74, 6) is 0. The van der Waals surface area contributed by atoms with Crippen LogP contribution in [0.15, 0.2) is 51.4 Å². The van der Waals surface area contributed by atoms with Crippen LogP contribution in [-0.4, -0.2) is 14.7 Å². The quantitative estimate of drug-likeness (QED) is 0.772. The predicted molar refractivity (Wildman–Crippen MR) is 82.7 cm³/mol. The van der Waals surface area contributed by atoms with Crippen molar-refractivity contribution in [3.05, 3.63) is 67.5 Å². The summed E-state index contributed by atoms with van der Waals surface area (Å²) in [6.45, 7) is 1.51. The van der Waals surface area contributed by atoms with Gasteiger partial charge in [-0.15, -0.1) is 11.3 Å². The molecular formula is C15H14N2O3S. The lowest BCUT2D eigenvalue weighted by atomic mass is 10.1. The van der Waals surface area contributed by atoms with Gasteiger partial charge >= 0.3 is 5.69 Å². The molecule has 1 atom stereocenters. The van der Waals surface area contributed by atoms with Gasteiger partial charge in [0, 0.05) is 4.88 Å². The summed E-state index contributed by atoms with van der Waals surface area (Å²) in [7, 11) is 0. The van der Waals surface area contributed by atoms with E-state index >= 15 is 0 Å². The van der Waals surface area contributed by atoms with Gasteiger partial charge in [0.15, 0.2) is 0 Å². The normalized spacial score (nSPS) is 14.2. The Labute approximate surface area is 124 Å². The molecule has 0 spiro atoms. The molecule has 2 N–H and O–H groups in total. The Bertz CT molecular complexity index is 891. The number of thiophene rings is 1. The average Bonchev–Trinajstić information content (AvgIpc) is 2.98. The Morgan fingerprint density at radius 3 is 2.71 bits per heavy atom. The van der Waals surface area contributed by atoms with Crippen molar-refractivity contribution in [1.82, 2.24) is 9.55 Å². The lowest BCUT2D eigenvalue weighted by Gasteiger charge is -2.22. The number of hydrogen-bond acceptors (Lipinski definition) is 4. The molecule has 3 rings (SSSR count). The Balaban J connectivity index is 2.14. The highest BCUT2D eigenvalue weighted by molar-refractivity contribution is 7.10. The van der Waals surface area contributed by atoms with Crippen LogP contribution in [0, 0.1) is 0 Å². The lowest BCUT2D eigenvalue weighted by Crippen LogP contribution is -2.41. The van der Waals surface area contributed by atoms with E-state index in [2.05, 4.69) is 4.98 Å². The molecule has 6 heteroatoms. The third-order valence-electron chi connectivity index (χ3n) is 3.41. The number of benzene rings is 1. The molecule has 0 saturated carbocycles. The van der Waals surface area contributed by atoms with Gasteiger partial charge in [-0.2, -0.15) is 0 Å². The van der Waals surface area contributed by atoms with Gasteiger partial charge in [0.05, 0.1) is 17.4 Å². The predicted octanol–water partition coefficient (Wildman–Crippen LogP) is 1.66. The fraction of sp³-hybridized carbons (Fsp3) is 0.200. The number of H-pyrrole nitrogens is 1. The van der Waals surface area contributed by atoms with E-state index in [0.717, 1.165) is 4.57 Å². The van der Waals surface area contributed by atoms with Crippen LogP contribution in [0.3, 0.4) is 0 Å². The summed E-state index contributed by atoms with van der Waals surface area (Å²) in [6.07, 6.45) is 0. The van der Waals surface area contributed by atoms with Crippen molar-refractivity contribution >= 4 is 22.2 Å². The average molecular weight is 302 g/mol. The molecule has 2 aromatic heterocycles. The summed E-state index contributed by atoms with van der Waals surface area (Å²) in [6, 6.07) is 10.4. The van der Waals surface area contributed by atoms with Crippen molar-refractivity contribution < 1.29 is 5.11 Å². The first-order chi connectivity index (χ1) is 9.99. The van der Waals surface area contributed by atoms with Gasteiger partial charge in [-0.25, -0.2) is 4.79 Å². The number of aromatic amines is 1. The zero-order valence-corrected chi connectivity index (χ0v) is 12.2. The zero-order valence-electron chi connectivity index (χ0n) is 11.4. The number of para-hydroxylation sites is 1. The van der Waals surface area contributed by atoms with Gasteiger partial charge in [0.1, 0.15) is 5.60 Å². The Hall–Kier alpha value is -2.18. The van der Waals surface area contributed by atoms with Gasteiger partial charge in [-0.05, 0) is 30.5 Å². The first-order valence-corrected chi connectivity index (χ1v) is 7.35. The second kappa shape index (κ2) is 4.98. The largest absolute Gasteiger partial charge is 0.383 e. The van der Waals surface area contributed by atoms with Crippen molar-refractivity contribution in [2.24, 2.45) is 0 Å². The van der Waals surface area contributed by atoms with Crippen molar-refractivity contribution in [3.63, 3.8) is 0 Å². The van der Waals surface area contributed by atoms with E-state index < -0.39 is 16.9 Å². The molecule has 1 unspecified atom stereocenters. The van der Waals surface area contributed by atoms with E-state index in [-0.39, 0.29) is 6.54 Å².